The van der Waals surface area contributed by atoms with Gasteiger partial charge in [-0.15, -0.1) is 0 Å². The Labute approximate surface area is 147 Å². The molecule has 10 heteroatoms. The van der Waals surface area contributed by atoms with Crippen LogP contribution < -0.4 is 5.32 Å². The first kappa shape index (κ1) is 19.3. The van der Waals surface area contributed by atoms with E-state index >= 15 is 0 Å². The van der Waals surface area contributed by atoms with Crippen LogP contribution >= 0.6 is 11.6 Å². The first-order valence-electron chi connectivity index (χ1n) is 7.71. The van der Waals surface area contributed by atoms with Gasteiger partial charge < -0.3 is 5.32 Å². The first-order valence-corrected chi connectivity index (χ1v) is 8.09. The van der Waals surface area contributed by atoms with E-state index in [1.807, 2.05) is 6.92 Å². The summed E-state index contributed by atoms with van der Waals surface area (Å²) in [5.74, 6) is -0.465. The molecular formula is C15H19ClF3N5O. The molecule has 0 saturated carbocycles. The Morgan fingerprint density at radius 2 is 2.04 bits per heavy atom. The third-order valence-electron chi connectivity index (χ3n) is 3.94. The normalized spacial score (nSPS) is 14.4. The number of hydrogen-bond donors (Lipinski definition) is 1. The molecule has 2 aromatic rings. The number of carbonyl (C=O) groups excluding carboxylic acids is 1. The summed E-state index contributed by atoms with van der Waals surface area (Å²) in [6, 6.07) is 0.469. The van der Waals surface area contributed by atoms with Crippen LogP contribution in [-0.4, -0.2) is 25.5 Å². The largest absolute Gasteiger partial charge is 0.436 e. The van der Waals surface area contributed by atoms with Gasteiger partial charge in [-0.1, -0.05) is 11.6 Å². The van der Waals surface area contributed by atoms with Crippen molar-refractivity contribution in [3.8, 4) is 0 Å². The number of alkyl halides is 3. The maximum atomic E-state index is 12.9. The topological polar surface area (TPSA) is 64.7 Å². The molecule has 2 atom stereocenters. The average molecular weight is 378 g/mol. The summed E-state index contributed by atoms with van der Waals surface area (Å²) in [7, 11) is 0. The van der Waals surface area contributed by atoms with Gasteiger partial charge in [-0.2, -0.15) is 23.4 Å². The zero-order chi connectivity index (χ0) is 18.9. The number of carbonyl (C=O) groups is 1. The minimum Gasteiger partial charge on any atom is -0.346 e. The molecule has 2 unspecified atom stereocenters. The second kappa shape index (κ2) is 7.07. The van der Waals surface area contributed by atoms with Gasteiger partial charge in [0.1, 0.15) is 6.04 Å². The van der Waals surface area contributed by atoms with Gasteiger partial charge in [0.05, 0.1) is 22.5 Å². The van der Waals surface area contributed by atoms with Crippen molar-refractivity contribution in [2.75, 3.05) is 0 Å². The molecule has 0 saturated heterocycles. The van der Waals surface area contributed by atoms with Crippen molar-refractivity contribution in [2.24, 2.45) is 0 Å². The third kappa shape index (κ3) is 3.81. The highest BCUT2D eigenvalue weighted by molar-refractivity contribution is 6.32. The van der Waals surface area contributed by atoms with Crippen LogP contribution in [0.1, 0.15) is 49.9 Å². The molecule has 0 aromatic carbocycles. The van der Waals surface area contributed by atoms with E-state index in [-0.39, 0.29) is 11.7 Å². The molecule has 0 bridgehead atoms. The zero-order valence-corrected chi connectivity index (χ0v) is 15.0. The minimum absolute atomic E-state index is 0.0860. The SMILES string of the molecule is CCn1nccc1C(C)NC(=O)C(C)n1nc(C(F)(F)F)c(Cl)c1C. The Bertz CT molecular complexity index is 768. The molecule has 0 radical (unpaired) electrons. The van der Waals surface area contributed by atoms with E-state index in [1.54, 1.807) is 23.9 Å². The van der Waals surface area contributed by atoms with Crippen molar-refractivity contribution in [1.82, 2.24) is 24.9 Å². The molecule has 2 rings (SSSR count). The zero-order valence-electron chi connectivity index (χ0n) is 14.2. The second-order valence-electron chi connectivity index (χ2n) is 5.67. The summed E-state index contributed by atoms with van der Waals surface area (Å²) in [4.78, 5) is 12.4. The Morgan fingerprint density at radius 1 is 1.40 bits per heavy atom. The lowest BCUT2D eigenvalue weighted by Crippen LogP contribution is -2.34. The van der Waals surface area contributed by atoms with Crippen molar-refractivity contribution in [3.63, 3.8) is 0 Å². The number of nitrogens with one attached hydrogen (secondary N) is 1. The Morgan fingerprint density at radius 3 is 2.56 bits per heavy atom. The number of halogens is 4. The molecule has 0 aliphatic rings. The molecule has 1 N–H and O–H groups in total. The van der Waals surface area contributed by atoms with Crippen molar-refractivity contribution >= 4 is 17.5 Å². The van der Waals surface area contributed by atoms with Crippen LogP contribution in [-0.2, 0) is 17.5 Å². The maximum absolute atomic E-state index is 12.9. The lowest BCUT2D eigenvalue weighted by atomic mass is 10.2. The Hall–Kier alpha value is -2.03. The van der Waals surface area contributed by atoms with Crippen LogP contribution in [0.2, 0.25) is 5.02 Å². The first-order chi connectivity index (χ1) is 11.6. The number of rotatable bonds is 5. The van der Waals surface area contributed by atoms with Crippen LogP contribution in [0.5, 0.6) is 0 Å². The van der Waals surface area contributed by atoms with Gasteiger partial charge in [0.15, 0.2) is 5.69 Å². The highest BCUT2D eigenvalue weighted by atomic mass is 35.5. The monoisotopic (exact) mass is 377 g/mol. The van der Waals surface area contributed by atoms with Crippen LogP contribution in [0, 0.1) is 6.92 Å². The van der Waals surface area contributed by atoms with Crippen molar-refractivity contribution < 1.29 is 18.0 Å². The molecular weight excluding hydrogens is 359 g/mol. The summed E-state index contributed by atoms with van der Waals surface area (Å²) in [6.07, 6.45) is -3.05. The summed E-state index contributed by atoms with van der Waals surface area (Å²) < 4.78 is 41.5. The molecule has 0 aliphatic carbocycles. The summed E-state index contributed by atoms with van der Waals surface area (Å²) >= 11 is 5.73. The van der Waals surface area contributed by atoms with Gasteiger partial charge in [-0.3, -0.25) is 14.2 Å². The quantitative estimate of drug-likeness (QED) is 0.867. The molecule has 2 aromatic heterocycles. The van der Waals surface area contributed by atoms with E-state index < -0.39 is 28.8 Å². The van der Waals surface area contributed by atoms with Crippen molar-refractivity contribution in [1.29, 1.82) is 0 Å². The van der Waals surface area contributed by atoms with Gasteiger partial charge in [0.25, 0.3) is 0 Å². The van der Waals surface area contributed by atoms with E-state index in [9.17, 15) is 18.0 Å². The standard InChI is InChI=1S/C15H19ClF3N5O/c1-5-23-11(6-7-20-23)8(2)21-14(25)10(4)24-9(3)12(16)13(22-24)15(17,18)19/h6-8,10H,5H2,1-4H3,(H,21,25). The molecule has 6 nitrogen and oxygen atoms in total. The summed E-state index contributed by atoms with van der Waals surface area (Å²) in [5.41, 5.74) is -0.305. The summed E-state index contributed by atoms with van der Waals surface area (Å²) in [6.45, 7) is 7.19. The fourth-order valence-corrected chi connectivity index (χ4v) is 2.78. The number of hydrogen-bond acceptors (Lipinski definition) is 3. The van der Waals surface area contributed by atoms with Crippen molar-refractivity contribution in [3.05, 3.63) is 34.4 Å². The van der Waals surface area contributed by atoms with Crippen LogP contribution in [0.4, 0.5) is 13.2 Å². The minimum atomic E-state index is -4.68. The number of aryl methyl sites for hydroxylation is 1. The van der Waals surface area contributed by atoms with Crippen LogP contribution in [0.15, 0.2) is 12.3 Å². The average Bonchev–Trinajstić information content (AvgIpc) is 3.11. The highest BCUT2D eigenvalue weighted by Gasteiger charge is 2.39. The fraction of sp³-hybridized carbons (Fsp3) is 0.533. The lowest BCUT2D eigenvalue weighted by Gasteiger charge is -2.19. The van der Waals surface area contributed by atoms with E-state index in [4.69, 9.17) is 11.6 Å². The molecule has 1 amide bonds. The Kier molecular flexibility index (Phi) is 5.46. The Balaban J connectivity index is 2.20. The van der Waals surface area contributed by atoms with Crippen molar-refractivity contribution in [2.45, 2.75) is 52.5 Å². The van der Waals surface area contributed by atoms with Gasteiger partial charge in [0.2, 0.25) is 5.91 Å². The predicted octanol–water partition coefficient (Wildman–Crippen LogP) is 3.52. The van der Waals surface area contributed by atoms with Gasteiger partial charge >= 0.3 is 6.18 Å². The fourth-order valence-electron chi connectivity index (χ4n) is 2.55. The van der Waals surface area contributed by atoms with E-state index in [0.717, 1.165) is 10.4 Å². The van der Waals surface area contributed by atoms with Crippen LogP contribution in [0.25, 0.3) is 0 Å². The number of aromatic nitrogens is 4. The van der Waals surface area contributed by atoms with Gasteiger partial charge in [-0.25, -0.2) is 0 Å². The lowest BCUT2D eigenvalue weighted by molar-refractivity contribution is -0.141. The summed E-state index contributed by atoms with van der Waals surface area (Å²) in [5, 5.41) is 9.88. The molecule has 2 heterocycles. The van der Waals surface area contributed by atoms with Crippen LogP contribution in [0.3, 0.4) is 0 Å². The molecule has 0 fully saturated rings. The number of amides is 1. The molecule has 25 heavy (non-hydrogen) atoms. The predicted molar refractivity (Wildman–Crippen MR) is 86.1 cm³/mol. The van der Waals surface area contributed by atoms with E-state index in [0.29, 0.717) is 6.54 Å². The maximum Gasteiger partial charge on any atom is 0.436 e. The molecule has 138 valence electrons. The third-order valence-corrected chi connectivity index (χ3v) is 4.40. The van der Waals surface area contributed by atoms with E-state index in [1.165, 1.54) is 13.8 Å². The highest BCUT2D eigenvalue weighted by Crippen LogP contribution is 2.36. The van der Waals surface area contributed by atoms with Gasteiger partial charge in [0, 0.05) is 12.7 Å². The van der Waals surface area contributed by atoms with E-state index in [2.05, 4.69) is 15.5 Å². The second-order valence-corrected chi connectivity index (χ2v) is 6.05. The number of nitrogens with zero attached hydrogens (tertiary/aromatic N) is 4. The smallest absolute Gasteiger partial charge is 0.346 e. The molecule has 0 spiro atoms. The molecule has 0 aliphatic heterocycles. The van der Waals surface area contributed by atoms with Gasteiger partial charge in [-0.05, 0) is 33.8 Å².